The molecular formula is C15H13N3O3. The zero-order chi connectivity index (χ0) is 14.8. The van der Waals surface area contributed by atoms with Crippen LogP contribution in [-0.4, -0.2) is 20.9 Å². The Labute approximate surface area is 120 Å². The number of ether oxygens (including phenoxy) is 1. The van der Waals surface area contributed by atoms with Gasteiger partial charge in [-0.2, -0.15) is 0 Å². The zero-order valence-electron chi connectivity index (χ0n) is 11.4. The first-order valence-corrected chi connectivity index (χ1v) is 6.54. The Morgan fingerprint density at radius 2 is 1.95 bits per heavy atom. The van der Waals surface area contributed by atoms with E-state index >= 15 is 0 Å². The number of hydrogen-bond donors (Lipinski definition) is 0. The summed E-state index contributed by atoms with van der Waals surface area (Å²) in [6.07, 6.45) is 3.23. The molecule has 0 N–H and O–H groups in total. The lowest BCUT2D eigenvalue weighted by Gasteiger charge is -2.02. The maximum absolute atomic E-state index is 10.8. The summed E-state index contributed by atoms with van der Waals surface area (Å²) in [6, 6.07) is 10.7. The van der Waals surface area contributed by atoms with Crippen LogP contribution in [0.15, 0.2) is 48.8 Å². The van der Waals surface area contributed by atoms with Gasteiger partial charge in [0.2, 0.25) is 0 Å². The van der Waals surface area contributed by atoms with Crippen LogP contribution in [0.1, 0.15) is 6.92 Å². The molecule has 2 heterocycles. The minimum Gasteiger partial charge on any atom is -0.494 e. The summed E-state index contributed by atoms with van der Waals surface area (Å²) in [5.74, 6) is 0.806. The van der Waals surface area contributed by atoms with Crippen molar-refractivity contribution in [3.8, 4) is 17.0 Å². The molecule has 0 bridgehead atoms. The van der Waals surface area contributed by atoms with Crippen molar-refractivity contribution in [2.45, 2.75) is 6.92 Å². The van der Waals surface area contributed by atoms with Crippen molar-refractivity contribution >= 4 is 11.3 Å². The highest BCUT2D eigenvalue weighted by molar-refractivity contribution is 5.63. The Balaban J connectivity index is 1.98. The molecule has 0 amide bonds. The third-order valence-corrected chi connectivity index (χ3v) is 3.11. The highest BCUT2D eigenvalue weighted by atomic mass is 16.6. The van der Waals surface area contributed by atoms with Crippen molar-refractivity contribution in [1.82, 2.24) is 9.38 Å². The van der Waals surface area contributed by atoms with Crippen LogP contribution in [0.25, 0.3) is 16.9 Å². The number of nitro groups is 1. The predicted octanol–water partition coefficient (Wildman–Crippen LogP) is 3.31. The van der Waals surface area contributed by atoms with Gasteiger partial charge < -0.3 is 4.74 Å². The second-order valence-corrected chi connectivity index (χ2v) is 4.49. The van der Waals surface area contributed by atoms with Crippen LogP contribution in [0.2, 0.25) is 0 Å². The van der Waals surface area contributed by atoms with E-state index in [4.69, 9.17) is 4.74 Å². The lowest BCUT2D eigenvalue weighted by molar-refractivity contribution is -0.385. The molecule has 2 aromatic heterocycles. The largest absolute Gasteiger partial charge is 0.494 e. The van der Waals surface area contributed by atoms with Gasteiger partial charge in [-0.15, -0.1) is 0 Å². The van der Waals surface area contributed by atoms with Gasteiger partial charge in [-0.05, 0) is 37.3 Å². The first kappa shape index (κ1) is 13.1. The third kappa shape index (κ3) is 2.55. The fourth-order valence-electron chi connectivity index (χ4n) is 2.12. The Bertz CT molecular complexity index is 794. The molecule has 0 spiro atoms. The Hall–Kier alpha value is -2.89. The lowest BCUT2D eigenvalue weighted by atomic mass is 10.2. The topological polar surface area (TPSA) is 69.7 Å². The summed E-state index contributed by atoms with van der Waals surface area (Å²) in [6.45, 7) is 2.56. The molecule has 3 aromatic rings. The molecule has 3 rings (SSSR count). The minimum absolute atomic E-state index is 0.0399. The second-order valence-electron chi connectivity index (χ2n) is 4.49. The van der Waals surface area contributed by atoms with Crippen molar-refractivity contribution in [1.29, 1.82) is 0 Å². The standard InChI is InChI=1S/C15H13N3O3/c1-2-21-13-6-3-11(4-7-13)14-10-17-9-12(18(19)20)5-8-15(17)16-14/h3-10H,2H2,1H3. The first-order valence-electron chi connectivity index (χ1n) is 6.54. The SMILES string of the molecule is CCOc1ccc(-c2cn3cc([N+](=O)[O-])ccc3n2)cc1. The van der Waals surface area contributed by atoms with Crippen LogP contribution in [0, 0.1) is 10.1 Å². The van der Waals surface area contributed by atoms with E-state index < -0.39 is 4.92 Å². The van der Waals surface area contributed by atoms with Gasteiger partial charge in [0.05, 0.1) is 23.4 Å². The number of rotatable bonds is 4. The Kier molecular flexibility index (Phi) is 3.27. The van der Waals surface area contributed by atoms with E-state index in [1.807, 2.05) is 31.2 Å². The van der Waals surface area contributed by atoms with Crippen LogP contribution < -0.4 is 4.74 Å². The molecule has 0 atom stereocenters. The monoisotopic (exact) mass is 283 g/mol. The zero-order valence-corrected chi connectivity index (χ0v) is 11.4. The van der Waals surface area contributed by atoms with Crippen molar-refractivity contribution in [2.75, 3.05) is 6.61 Å². The maximum Gasteiger partial charge on any atom is 0.286 e. The van der Waals surface area contributed by atoms with Crippen LogP contribution in [0.4, 0.5) is 5.69 Å². The summed E-state index contributed by atoms with van der Waals surface area (Å²) in [4.78, 5) is 14.8. The van der Waals surface area contributed by atoms with Gasteiger partial charge in [-0.3, -0.25) is 14.5 Å². The summed E-state index contributed by atoms with van der Waals surface area (Å²) in [7, 11) is 0. The van der Waals surface area contributed by atoms with Gasteiger partial charge in [-0.25, -0.2) is 4.98 Å². The van der Waals surface area contributed by atoms with Crippen molar-refractivity contribution < 1.29 is 9.66 Å². The summed E-state index contributed by atoms with van der Waals surface area (Å²) in [5, 5.41) is 10.8. The highest BCUT2D eigenvalue weighted by Gasteiger charge is 2.09. The van der Waals surface area contributed by atoms with E-state index in [1.54, 1.807) is 16.7 Å². The molecule has 0 saturated carbocycles. The lowest BCUT2D eigenvalue weighted by Crippen LogP contribution is -1.90. The number of pyridine rings is 1. The number of hydrogen-bond acceptors (Lipinski definition) is 4. The molecule has 0 aliphatic heterocycles. The molecule has 0 aliphatic rings. The molecule has 0 unspecified atom stereocenters. The van der Waals surface area contributed by atoms with E-state index in [0.29, 0.717) is 12.3 Å². The molecule has 6 nitrogen and oxygen atoms in total. The molecular weight excluding hydrogens is 270 g/mol. The summed E-state index contributed by atoms with van der Waals surface area (Å²) >= 11 is 0. The number of benzene rings is 1. The van der Waals surface area contributed by atoms with E-state index in [0.717, 1.165) is 17.0 Å². The molecule has 0 saturated heterocycles. The highest BCUT2D eigenvalue weighted by Crippen LogP contribution is 2.23. The molecule has 0 radical (unpaired) electrons. The Morgan fingerprint density at radius 3 is 2.62 bits per heavy atom. The number of nitrogens with zero attached hydrogens (tertiary/aromatic N) is 3. The maximum atomic E-state index is 10.8. The minimum atomic E-state index is -0.421. The summed E-state index contributed by atoms with van der Waals surface area (Å²) in [5.41, 5.74) is 2.41. The van der Waals surface area contributed by atoms with Crippen LogP contribution in [0.5, 0.6) is 5.75 Å². The fourth-order valence-corrected chi connectivity index (χ4v) is 2.12. The Morgan fingerprint density at radius 1 is 1.19 bits per heavy atom. The van der Waals surface area contributed by atoms with Crippen LogP contribution in [0.3, 0.4) is 0 Å². The summed E-state index contributed by atoms with van der Waals surface area (Å²) < 4.78 is 7.05. The fraction of sp³-hybridized carbons (Fsp3) is 0.133. The average Bonchev–Trinajstić information content (AvgIpc) is 2.91. The predicted molar refractivity (Wildman–Crippen MR) is 78.5 cm³/mol. The second kappa shape index (κ2) is 5.24. The molecule has 1 aromatic carbocycles. The normalized spacial score (nSPS) is 10.7. The van der Waals surface area contributed by atoms with E-state index in [9.17, 15) is 10.1 Å². The third-order valence-electron chi connectivity index (χ3n) is 3.11. The van der Waals surface area contributed by atoms with E-state index in [2.05, 4.69) is 4.98 Å². The van der Waals surface area contributed by atoms with Gasteiger partial charge in [0.1, 0.15) is 11.4 Å². The van der Waals surface area contributed by atoms with Crippen molar-refractivity contribution in [2.24, 2.45) is 0 Å². The number of aromatic nitrogens is 2. The molecule has 6 heteroatoms. The van der Waals surface area contributed by atoms with Crippen LogP contribution >= 0.6 is 0 Å². The molecule has 21 heavy (non-hydrogen) atoms. The first-order chi connectivity index (χ1) is 10.2. The van der Waals surface area contributed by atoms with Crippen molar-refractivity contribution in [3.63, 3.8) is 0 Å². The van der Waals surface area contributed by atoms with Gasteiger partial charge in [-0.1, -0.05) is 0 Å². The van der Waals surface area contributed by atoms with Gasteiger partial charge in [0.25, 0.3) is 5.69 Å². The quantitative estimate of drug-likeness (QED) is 0.544. The van der Waals surface area contributed by atoms with Gasteiger partial charge in [0, 0.05) is 17.8 Å². The molecule has 0 aliphatic carbocycles. The average molecular weight is 283 g/mol. The smallest absolute Gasteiger partial charge is 0.286 e. The number of imidazole rings is 1. The van der Waals surface area contributed by atoms with Crippen molar-refractivity contribution in [3.05, 3.63) is 58.9 Å². The van der Waals surface area contributed by atoms with Gasteiger partial charge >= 0.3 is 0 Å². The van der Waals surface area contributed by atoms with E-state index in [-0.39, 0.29) is 5.69 Å². The number of fused-ring (bicyclic) bond motifs is 1. The van der Waals surface area contributed by atoms with Gasteiger partial charge in [0.15, 0.2) is 0 Å². The van der Waals surface area contributed by atoms with Crippen LogP contribution in [-0.2, 0) is 0 Å². The molecule has 0 fully saturated rings. The van der Waals surface area contributed by atoms with E-state index in [1.165, 1.54) is 12.3 Å². The molecule has 106 valence electrons.